The minimum absolute atomic E-state index is 0.0633. The minimum Gasteiger partial charge on any atom is -0.379 e. The molecule has 29 heavy (non-hydrogen) atoms. The van der Waals surface area contributed by atoms with Gasteiger partial charge in [-0.1, -0.05) is 59.3 Å². The molecule has 0 spiro atoms. The van der Waals surface area contributed by atoms with Gasteiger partial charge in [0.1, 0.15) is 5.52 Å². The number of hydrogen-bond acceptors (Lipinski definition) is 5. The number of amides is 1. The van der Waals surface area contributed by atoms with Crippen LogP contribution in [0, 0.1) is 0 Å². The molecule has 1 aliphatic rings. The molecule has 0 bridgehead atoms. The molecule has 7 heteroatoms. The molecule has 0 atom stereocenters. The Hall–Kier alpha value is -1.99. The van der Waals surface area contributed by atoms with E-state index in [1.54, 1.807) is 0 Å². The lowest BCUT2D eigenvalue weighted by Gasteiger charge is -2.27. The summed E-state index contributed by atoms with van der Waals surface area (Å²) >= 11 is 7.83. The highest BCUT2D eigenvalue weighted by molar-refractivity contribution is 7.22. The molecule has 0 unspecified atom stereocenters. The molecular formula is C22H24ClN3O2S. The standard InChI is InChI=1S/C22H24ClN3O2S/c23-18-8-4-9-19-21(18)24-22(29-19)26(11-5-10-25-12-14-28-15-13-25)20(27)16-17-6-2-1-3-7-17/h1-4,6-9H,5,10-16H2. The maximum Gasteiger partial charge on any atom is 0.233 e. The summed E-state index contributed by atoms with van der Waals surface area (Å²) in [5, 5.41) is 1.34. The Bertz CT molecular complexity index is 957. The van der Waals surface area contributed by atoms with Crippen molar-refractivity contribution in [1.29, 1.82) is 0 Å². The molecular weight excluding hydrogens is 406 g/mol. The number of fused-ring (bicyclic) bond motifs is 1. The first-order valence-electron chi connectivity index (χ1n) is 9.90. The van der Waals surface area contributed by atoms with Crippen LogP contribution >= 0.6 is 22.9 Å². The number of carbonyl (C=O) groups excluding carboxylic acids is 1. The molecule has 1 aliphatic heterocycles. The van der Waals surface area contributed by atoms with Gasteiger partial charge in [0, 0.05) is 26.2 Å². The molecule has 2 heterocycles. The lowest BCUT2D eigenvalue weighted by Crippen LogP contribution is -2.39. The fourth-order valence-corrected chi connectivity index (χ4v) is 4.80. The molecule has 0 N–H and O–H groups in total. The lowest BCUT2D eigenvalue weighted by molar-refractivity contribution is -0.118. The molecule has 1 saturated heterocycles. The van der Waals surface area contributed by atoms with Gasteiger partial charge in [0.25, 0.3) is 0 Å². The highest BCUT2D eigenvalue weighted by Crippen LogP contribution is 2.33. The van der Waals surface area contributed by atoms with Crippen LogP contribution in [-0.4, -0.2) is 55.2 Å². The van der Waals surface area contributed by atoms with E-state index in [4.69, 9.17) is 21.3 Å². The largest absolute Gasteiger partial charge is 0.379 e. The Balaban J connectivity index is 1.52. The fraction of sp³-hybridized carbons (Fsp3) is 0.364. The first kappa shape index (κ1) is 20.3. The van der Waals surface area contributed by atoms with Crippen molar-refractivity contribution in [3.63, 3.8) is 0 Å². The third-order valence-electron chi connectivity index (χ3n) is 5.05. The smallest absolute Gasteiger partial charge is 0.233 e. The number of ether oxygens (including phenoxy) is 1. The van der Waals surface area contributed by atoms with Gasteiger partial charge >= 0.3 is 0 Å². The number of nitrogens with zero attached hydrogens (tertiary/aromatic N) is 3. The van der Waals surface area contributed by atoms with Gasteiger partial charge in [-0.2, -0.15) is 0 Å². The normalized spacial score (nSPS) is 14.9. The van der Waals surface area contributed by atoms with Crippen LogP contribution in [0.15, 0.2) is 48.5 Å². The maximum absolute atomic E-state index is 13.2. The van der Waals surface area contributed by atoms with E-state index in [1.807, 2.05) is 53.4 Å². The lowest BCUT2D eigenvalue weighted by atomic mass is 10.1. The third-order valence-corrected chi connectivity index (χ3v) is 6.40. The highest BCUT2D eigenvalue weighted by atomic mass is 35.5. The summed E-state index contributed by atoms with van der Waals surface area (Å²) in [6, 6.07) is 15.6. The van der Waals surface area contributed by atoms with E-state index in [0.717, 1.165) is 60.2 Å². The Labute approximate surface area is 179 Å². The maximum atomic E-state index is 13.2. The number of hydrogen-bond donors (Lipinski definition) is 0. The quantitative estimate of drug-likeness (QED) is 0.563. The monoisotopic (exact) mass is 429 g/mol. The number of carbonyl (C=O) groups is 1. The van der Waals surface area contributed by atoms with Crippen LogP contribution < -0.4 is 4.90 Å². The second kappa shape index (κ2) is 9.67. The van der Waals surface area contributed by atoms with Crippen LogP contribution in [0.1, 0.15) is 12.0 Å². The average molecular weight is 430 g/mol. The number of thiazole rings is 1. The van der Waals surface area contributed by atoms with Crippen LogP contribution in [0.4, 0.5) is 5.13 Å². The Morgan fingerprint density at radius 1 is 1.14 bits per heavy atom. The van der Waals surface area contributed by atoms with Gasteiger partial charge in [-0.3, -0.25) is 14.6 Å². The topological polar surface area (TPSA) is 45.7 Å². The van der Waals surface area contributed by atoms with Crippen molar-refractivity contribution in [2.24, 2.45) is 0 Å². The molecule has 1 aromatic heterocycles. The van der Waals surface area contributed by atoms with Crippen molar-refractivity contribution in [2.75, 3.05) is 44.3 Å². The molecule has 152 valence electrons. The molecule has 2 aromatic carbocycles. The van der Waals surface area contributed by atoms with E-state index < -0.39 is 0 Å². The first-order valence-corrected chi connectivity index (χ1v) is 11.1. The predicted octanol–water partition coefficient (Wildman–Crippen LogP) is 4.25. The average Bonchev–Trinajstić information content (AvgIpc) is 3.18. The van der Waals surface area contributed by atoms with Crippen LogP contribution in [0.3, 0.4) is 0 Å². The van der Waals surface area contributed by atoms with Crippen molar-refractivity contribution in [3.8, 4) is 0 Å². The van der Waals surface area contributed by atoms with Crippen molar-refractivity contribution < 1.29 is 9.53 Å². The molecule has 4 rings (SSSR count). The zero-order valence-electron chi connectivity index (χ0n) is 16.2. The van der Waals surface area contributed by atoms with Crippen molar-refractivity contribution in [3.05, 3.63) is 59.1 Å². The molecule has 1 fully saturated rings. The summed E-state index contributed by atoms with van der Waals surface area (Å²) in [7, 11) is 0. The third kappa shape index (κ3) is 5.14. The second-order valence-corrected chi connectivity index (χ2v) is 8.51. The van der Waals surface area contributed by atoms with Gasteiger partial charge < -0.3 is 4.74 Å². The number of morpholine rings is 1. The molecule has 0 aliphatic carbocycles. The van der Waals surface area contributed by atoms with Crippen molar-refractivity contribution in [1.82, 2.24) is 9.88 Å². The summed E-state index contributed by atoms with van der Waals surface area (Å²) in [6.07, 6.45) is 1.26. The van der Waals surface area contributed by atoms with E-state index in [9.17, 15) is 4.79 Å². The van der Waals surface area contributed by atoms with Crippen LogP contribution in [0.2, 0.25) is 5.02 Å². The molecule has 5 nitrogen and oxygen atoms in total. The van der Waals surface area contributed by atoms with E-state index >= 15 is 0 Å². The van der Waals surface area contributed by atoms with Gasteiger partial charge in [-0.05, 0) is 24.1 Å². The summed E-state index contributed by atoms with van der Waals surface area (Å²) < 4.78 is 6.42. The number of anilines is 1. The summed E-state index contributed by atoms with van der Waals surface area (Å²) in [4.78, 5) is 22.1. The van der Waals surface area contributed by atoms with Gasteiger partial charge in [0.15, 0.2) is 5.13 Å². The summed E-state index contributed by atoms with van der Waals surface area (Å²) in [6.45, 7) is 5.06. The van der Waals surface area contributed by atoms with Gasteiger partial charge in [0.2, 0.25) is 5.91 Å². The second-order valence-electron chi connectivity index (χ2n) is 7.10. The Morgan fingerprint density at radius 3 is 2.69 bits per heavy atom. The Kier molecular flexibility index (Phi) is 6.77. The predicted molar refractivity (Wildman–Crippen MR) is 119 cm³/mol. The number of benzene rings is 2. The van der Waals surface area contributed by atoms with E-state index in [0.29, 0.717) is 18.0 Å². The van der Waals surface area contributed by atoms with E-state index in [1.165, 1.54) is 11.3 Å². The van der Waals surface area contributed by atoms with Gasteiger partial charge in [0.05, 0.1) is 29.4 Å². The number of halogens is 1. The molecule has 0 saturated carbocycles. The SMILES string of the molecule is O=C(Cc1ccccc1)N(CCCN1CCOCC1)c1nc2c(Cl)cccc2s1. The van der Waals surface area contributed by atoms with E-state index in [-0.39, 0.29) is 5.91 Å². The minimum atomic E-state index is 0.0633. The van der Waals surface area contributed by atoms with Gasteiger partial charge in [-0.25, -0.2) is 4.98 Å². The number of para-hydroxylation sites is 1. The molecule has 1 amide bonds. The fourth-order valence-electron chi connectivity index (χ4n) is 3.49. The van der Waals surface area contributed by atoms with Gasteiger partial charge in [-0.15, -0.1) is 0 Å². The van der Waals surface area contributed by atoms with E-state index in [2.05, 4.69) is 4.90 Å². The van der Waals surface area contributed by atoms with Crippen LogP contribution in [-0.2, 0) is 16.0 Å². The summed E-state index contributed by atoms with van der Waals surface area (Å²) in [5.41, 5.74) is 1.77. The zero-order chi connectivity index (χ0) is 20.1. The zero-order valence-corrected chi connectivity index (χ0v) is 17.8. The van der Waals surface area contributed by atoms with Crippen LogP contribution in [0.5, 0.6) is 0 Å². The van der Waals surface area contributed by atoms with Crippen LogP contribution in [0.25, 0.3) is 10.2 Å². The number of aromatic nitrogens is 1. The Morgan fingerprint density at radius 2 is 1.93 bits per heavy atom. The highest BCUT2D eigenvalue weighted by Gasteiger charge is 2.21. The molecule has 3 aromatic rings. The molecule has 0 radical (unpaired) electrons. The number of rotatable bonds is 7. The van der Waals surface area contributed by atoms with Crippen molar-refractivity contribution >= 4 is 44.2 Å². The first-order chi connectivity index (χ1) is 14.2. The summed E-state index contributed by atoms with van der Waals surface area (Å²) in [5.74, 6) is 0.0633. The van der Waals surface area contributed by atoms with Crippen molar-refractivity contribution in [2.45, 2.75) is 12.8 Å².